The van der Waals surface area contributed by atoms with Crippen LogP contribution in [-0.4, -0.2) is 340 Å². The van der Waals surface area contributed by atoms with Crippen molar-refractivity contribution >= 4 is 48.5 Å². The minimum Gasteiger partial charge on any atom is -0.450 e. The molecule has 0 amide bonds. The summed E-state index contributed by atoms with van der Waals surface area (Å²) < 4.78 is 122. The second kappa shape index (κ2) is 43.7. The first-order valence-electron chi connectivity index (χ1n) is 41.3. The Balaban J connectivity index is 0.757. The molecule has 127 heavy (non-hydrogen) atoms. The summed E-state index contributed by atoms with van der Waals surface area (Å²) in [5.74, 6) is -5.15. The Hall–Kier alpha value is -8.93. The quantitative estimate of drug-likeness (QED) is 0.0154. The van der Waals surface area contributed by atoms with Gasteiger partial charge >= 0.3 is 29.8 Å². The number of esters is 5. The second-order valence-corrected chi connectivity index (χ2v) is 36.4. The maximum Gasteiger partial charge on any atom is 0.338 e. The van der Waals surface area contributed by atoms with Gasteiger partial charge in [-0.3, -0.25) is 0 Å². The third kappa shape index (κ3) is 22.1. The molecule has 686 valence electrons. The first-order valence-corrected chi connectivity index (χ1v) is 43.2. The summed E-state index contributed by atoms with van der Waals surface area (Å²) in [6, 6.07) is 56.5. The van der Waals surface area contributed by atoms with Gasteiger partial charge in [-0.2, -0.15) is 0 Å². The van der Waals surface area contributed by atoms with E-state index in [1.165, 1.54) is 118 Å². The minimum atomic E-state index is -3.40. The number of carbonyl (C=O) groups excluding carboxylic acids is 5. The lowest BCUT2D eigenvalue weighted by atomic mass is 9.97. The standard InChI is InChI=1S/C90H106O36Si/c1-90(2,3)127(53-38-24-12-25-39-53,54-40-26-13-27-41-54)115-47-59-65(95)70(100)76(126-83(105)52-36-22-11-23-37-52)88(121-59)113-45-57-63(93)68(98)74(124-81(103)50-32-18-9-19-33-50)86(119-57)111-43-55-61(91)66(96)72(122-79(101)48-28-14-7-15-29-48)85(117-55)110-42-56-62(92)67(97)73(123-80(102)49-30-16-8-17-31-49)87(118-56)112-44-58-64(94)69(99)75(125-82(104)51-34-20-10-21-35-51)89(120-58)114-46-60-71(107-4)77(108-5)78(109-6)84(106)116-60/h7-41,55-78,84-89,91-100,106H,42-47H2,1-6H3/t55-,56-,57-,58-,59-,60-,61+,62+,63+,64+,65+,66-,67-,68-,69-,70-,71+,72+,73+,74+,75+,76+,77-,78-,84+,85+,86+,87+,88+,89+/m1/s1. The maximum absolute atomic E-state index is 14.0. The zero-order valence-electron chi connectivity index (χ0n) is 69.9. The number of benzene rings is 7. The molecule has 6 fully saturated rings. The number of rotatable bonds is 33. The Kier molecular flexibility index (Phi) is 32.9. The van der Waals surface area contributed by atoms with Gasteiger partial charge < -0.3 is 151 Å². The molecule has 0 spiro atoms. The highest BCUT2D eigenvalue weighted by molar-refractivity contribution is 6.99. The molecule has 0 saturated carbocycles. The van der Waals surface area contributed by atoms with E-state index in [-0.39, 0.29) is 34.4 Å². The molecule has 0 bridgehead atoms. The van der Waals surface area contributed by atoms with Crippen LogP contribution >= 0.6 is 0 Å². The van der Waals surface area contributed by atoms with Crippen molar-refractivity contribution in [2.75, 3.05) is 61.0 Å². The lowest BCUT2D eigenvalue weighted by Gasteiger charge is -2.47. The Morgan fingerprint density at radius 1 is 0.268 bits per heavy atom. The van der Waals surface area contributed by atoms with Crippen molar-refractivity contribution < 1.29 is 175 Å². The van der Waals surface area contributed by atoms with Gasteiger partial charge in [0.25, 0.3) is 8.32 Å². The molecule has 37 heteroatoms. The van der Waals surface area contributed by atoms with Crippen LogP contribution in [0.15, 0.2) is 212 Å². The molecule has 30 atom stereocenters. The molecular weight excluding hydrogens is 1690 g/mol. The van der Waals surface area contributed by atoms with Crippen LogP contribution in [-0.2, 0) is 94.4 Å². The molecule has 7 aromatic carbocycles. The first kappa shape index (κ1) is 95.6. The zero-order chi connectivity index (χ0) is 90.4. The molecule has 7 aromatic rings. The third-order valence-corrected chi connectivity index (χ3v) is 27.9. The highest BCUT2D eigenvalue weighted by Gasteiger charge is 2.58. The Morgan fingerprint density at radius 3 is 0.701 bits per heavy atom. The van der Waals surface area contributed by atoms with Crippen molar-refractivity contribution in [2.24, 2.45) is 0 Å². The molecule has 0 radical (unpaired) electrons. The van der Waals surface area contributed by atoms with Crippen molar-refractivity contribution in [2.45, 2.75) is 210 Å². The second-order valence-electron chi connectivity index (χ2n) is 32.1. The average molecular weight is 1790 g/mol. The lowest BCUT2D eigenvalue weighted by Crippen LogP contribution is -2.68. The van der Waals surface area contributed by atoms with Crippen LogP contribution in [0.4, 0.5) is 0 Å². The van der Waals surface area contributed by atoms with E-state index < -0.39 is 260 Å². The topological polar surface area (TPSA) is 492 Å². The van der Waals surface area contributed by atoms with E-state index in [1.807, 2.05) is 81.4 Å². The summed E-state index contributed by atoms with van der Waals surface area (Å²) in [6.07, 6.45) is -54.2. The van der Waals surface area contributed by atoms with Crippen molar-refractivity contribution in [1.29, 1.82) is 0 Å². The predicted molar refractivity (Wildman–Crippen MR) is 438 cm³/mol. The van der Waals surface area contributed by atoms with Gasteiger partial charge in [-0.05, 0) is 76.1 Å². The zero-order valence-corrected chi connectivity index (χ0v) is 70.9. The van der Waals surface area contributed by atoms with Gasteiger partial charge in [-0.1, -0.05) is 172 Å². The molecule has 0 aromatic heterocycles. The fraction of sp³-hybridized carbons (Fsp3) is 0.478. The van der Waals surface area contributed by atoms with Crippen LogP contribution in [0, 0.1) is 0 Å². The molecule has 0 unspecified atom stereocenters. The largest absolute Gasteiger partial charge is 0.450 e. The molecule has 6 saturated heterocycles. The molecule has 36 nitrogen and oxygen atoms in total. The number of hydrogen-bond acceptors (Lipinski definition) is 36. The molecule has 6 aliphatic heterocycles. The van der Waals surface area contributed by atoms with Gasteiger partial charge in [0.15, 0.2) is 68.3 Å². The van der Waals surface area contributed by atoms with Crippen molar-refractivity contribution in [3.8, 4) is 0 Å². The number of hydrogen-bond donors (Lipinski definition) is 11. The van der Waals surface area contributed by atoms with Gasteiger partial charge in [-0.15, -0.1) is 0 Å². The number of methoxy groups -OCH3 is 3. The molecule has 11 N–H and O–H groups in total. The fourth-order valence-electron chi connectivity index (χ4n) is 16.1. The number of carbonyl (C=O) groups is 5. The fourth-order valence-corrected chi connectivity index (χ4v) is 20.7. The predicted octanol–water partition coefficient (Wildman–Crippen LogP) is 0.770. The lowest BCUT2D eigenvalue weighted by molar-refractivity contribution is -0.351. The highest BCUT2D eigenvalue weighted by Crippen LogP contribution is 2.40. The van der Waals surface area contributed by atoms with Gasteiger partial charge in [0.05, 0.1) is 67.5 Å². The van der Waals surface area contributed by atoms with Crippen LogP contribution in [0.25, 0.3) is 0 Å². The smallest absolute Gasteiger partial charge is 0.338 e. The average Bonchev–Trinajstić information content (AvgIpc) is 0.736. The van der Waals surface area contributed by atoms with E-state index in [1.54, 1.807) is 54.6 Å². The number of ether oxygens (including phenoxy) is 19. The van der Waals surface area contributed by atoms with Crippen molar-refractivity contribution in [1.82, 2.24) is 0 Å². The van der Waals surface area contributed by atoms with Crippen LogP contribution in [0.3, 0.4) is 0 Å². The first-order chi connectivity index (χ1) is 61.1. The Morgan fingerprint density at radius 2 is 0.480 bits per heavy atom. The van der Waals surface area contributed by atoms with Gasteiger partial charge in [0.2, 0.25) is 0 Å². The minimum absolute atomic E-state index is 0.0300. The molecule has 6 aliphatic rings. The molecule has 6 heterocycles. The summed E-state index contributed by atoms with van der Waals surface area (Å²) in [5.41, 5.74) is -0.0702. The van der Waals surface area contributed by atoms with E-state index in [4.69, 9.17) is 94.4 Å². The van der Waals surface area contributed by atoms with E-state index in [0.717, 1.165) is 10.4 Å². The number of aliphatic hydroxyl groups excluding tert-OH is 11. The highest BCUT2D eigenvalue weighted by atomic mass is 28.4. The van der Waals surface area contributed by atoms with Crippen LogP contribution in [0.1, 0.15) is 72.6 Å². The third-order valence-electron chi connectivity index (χ3n) is 22.9. The van der Waals surface area contributed by atoms with Gasteiger partial charge in [0.1, 0.15) is 116 Å². The van der Waals surface area contributed by atoms with Gasteiger partial charge in [0, 0.05) is 21.3 Å². The maximum atomic E-state index is 14.0. The molecule has 0 aliphatic carbocycles. The Bertz CT molecular complexity index is 4580. The van der Waals surface area contributed by atoms with E-state index in [9.17, 15) is 80.1 Å². The van der Waals surface area contributed by atoms with Gasteiger partial charge in [-0.25, -0.2) is 24.0 Å². The van der Waals surface area contributed by atoms with Crippen LogP contribution in [0.5, 0.6) is 0 Å². The molecule has 13 rings (SSSR count). The normalized spacial score (nSPS) is 33.5. The number of aliphatic hydroxyl groups is 11. The summed E-state index contributed by atoms with van der Waals surface area (Å²) in [4.78, 5) is 69.6. The van der Waals surface area contributed by atoms with Crippen LogP contribution in [0.2, 0.25) is 5.04 Å². The summed E-state index contributed by atoms with van der Waals surface area (Å²) >= 11 is 0. The summed E-state index contributed by atoms with van der Waals surface area (Å²) in [7, 11) is 0.612. The SMILES string of the molecule is CO[C@H]1[C@@H](OC)[C@@H](O)O[C@H](CO[C@H]2O[C@H](CO[C@H]3O[C@H](CO[C@H]4O[C@H](CO[C@H]5O[C@H](CO[C@H]6O[C@H](CO[Si](c7ccccc7)(c7ccccc7)C(C)(C)C)[C@H](O)[C@@H](O)[C@@H]6OC(=O)c6ccccc6)[C@H](O)[C@@H](O)[C@@H]5OC(=O)c5ccccc5)[C@H](O)[C@@H](O)[C@@H]4OC(=O)c4ccccc4)[C@H](O)[C@@H](O)[C@@H]3OC(=O)c3ccccc3)[C@H](O)[C@@H](O)[C@@H]2OC(=O)c2ccccc2)[C@@H]1OC. The monoisotopic (exact) mass is 1790 g/mol. The van der Waals surface area contributed by atoms with E-state index >= 15 is 0 Å². The molecular formula is C90H106O36Si. The van der Waals surface area contributed by atoms with Crippen molar-refractivity contribution in [3.63, 3.8) is 0 Å². The van der Waals surface area contributed by atoms with E-state index in [2.05, 4.69) is 0 Å². The Labute approximate surface area is 731 Å². The van der Waals surface area contributed by atoms with Crippen molar-refractivity contribution in [3.05, 3.63) is 240 Å². The summed E-state index contributed by atoms with van der Waals surface area (Å²) in [5, 5.41) is 133. The van der Waals surface area contributed by atoms with Crippen LogP contribution < -0.4 is 10.4 Å². The summed E-state index contributed by atoms with van der Waals surface area (Å²) in [6.45, 7) is 1.58. The van der Waals surface area contributed by atoms with E-state index in [0.29, 0.717) is 0 Å².